The molecule has 0 amide bonds. The summed E-state index contributed by atoms with van der Waals surface area (Å²) in [5, 5.41) is 7.68. The summed E-state index contributed by atoms with van der Waals surface area (Å²) in [7, 11) is 0. The number of hydrogen-bond acceptors (Lipinski definition) is 7. The molecule has 3 rings (SSSR count). The van der Waals surface area contributed by atoms with E-state index in [1.165, 1.54) is 29.5 Å². The van der Waals surface area contributed by atoms with Crippen LogP contribution >= 0.6 is 27.3 Å². The van der Waals surface area contributed by atoms with E-state index in [0.29, 0.717) is 11.5 Å². The van der Waals surface area contributed by atoms with Crippen molar-refractivity contribution in [2.24, 2.45) is 0 Å². The molecule has 0 saturated carbocycles. The maximum atomic E-state index is 12.1. The van der Waals surface area contributed by atoms with Crippen molar-refractivity contribution < 1.29 is 31.9 Å². The molecule has 0 atom stereocenters. The summed E-state index contributed by atoms with van der Waals surface area (Å²) in [6.07, 6.45) is -2.23. The minimum absolute atomic E-state index is 0.134. The van der Waals surface area contributed by atoms with E-state index in [9.17, 15) is 18.0 Å². The molecule has 0 spiro atoms. The number of hydrogen-bond donors (Lipinski definition) is 0. The van der Waals surface area contributed by atoms with Crippen molar-refractivity contribution in [2.75, 3.05) is 0 Å². The first-order chi connectivity index (χ1) is 13.3. The molecule has 0 aliphatic carbocycles. The highest BCUT2D eigenvalue weighted by molar-refractivity contribution is 9.11. The molecule has 2 heterocycles. The van der Waals surface area contributed by atoms with Gasteiger partial charge in [0.1, 0.15) is 5.75 Å². The number of carbonyl (C=O) groups is 1. The van der Waals surface area contributed by atoms with Crippen molar-refractivity contribution >= 4 is 39.3 Å². The second kappa shape index (κ2) is 8.57. The van der Waals surface area contributed by atoms with Crippen LogP contribution in [0.5, 0.6) is 5.75 Å². The average molecular weight is 475 g/mol. The van der Waals surface area contributed by atoms with Gasteiger partial charge in [-0.2, -0.15) is 0 Å². The molecule has 0 N–H and O–H groups in total. The predicted octanol–water partition coefficient (Wildman–Crippen LogP) is 5.22. The summed E-state index contributed by atoms with van der Waals surface area (Å²) in [6.45, 7) is -0.207. The number of halogens is 4. The molecule has 0 bridgehead atoms. The van der Waals surface area contributed by atoms with Crippen LogP contribution < -0.4 is 4.74 Å². The minimum Gasteiger partial charge on any atom is -0.452 e. The Morgan fingerprint density at radius 1 is 1.18 bits per heavy atom. The number of nitrogens with zero attached hydrogens (tertiary/aromatic N) is 2. The fourth-order valence-corrected chi connectivity index (χ4v) is 3.27. The zero-order valence-electron chi connectivity index (χ0n) is 13.8. The van der Waals surface area contributed by atoms with Gasteiger partial charge in [-0.25, -0.2) is 4.79 Å². The van der Waals surface area contributed by atoms with Crippen molar-refractivity contribution in [3.05, 3.63) is 57.7 Å². The van der Waals surface area contributed by atoms with Crippen LogP contribution in [0.4, 0.5) is 13.2 Å². The van der Waals surface area contributed by atoms with Crippen LogP contribution in [-0.4, -0.2) is 22.5 Å². The van der Waals surface area contributed by atoms with E-state index in [2.05, 4.69) is 30.9 Å². The lowest BCUT2D eigenvalue weighted by Crippen LogP contribution is -2.16. The molecule has 1 aromatic carbocycles. The molecule has 2 aromatic heterocycles. The molecule has 0 aliphatic heterocycles. The van der Waals surface area contributed by atoms with Crippen LogP contribution in [-0.2, 0) is 16.1 Å². The van der Waals surface area contributed by atoms with Crippen LogP contribution in [0.3, 0.4) is 0 Å². The predicted molar refractivity (Wildman–Crippen MR) is 97.3 cm³/mol. The van der Waals surface area contributed by atoms with Gasteiger partial charge < -0.3 is 13.9 Å². The van der Waals surface area contributed by atoms with E-state index in [-0.39, 0.29) is 18.2 Å². The van der Waals surface area contributed by atoms with E-state index in [0.717, 1.165) is 26.9 Å². The Kier molecular flexibility index (Phi) is 6.15. The molecule has 0 fully saturated rings. The Labute approximate surface area is 168 Å². The van der Waals surface area contributed by atoms with Gasteiger partial charge >= 0.3 is 12.3 Å². The summed E-state index contributed by atoms with van der Waals surface area (Å²) in [5.74, 6) is -0.570. The number of aromatic nitrogens is 2. The third-order valence-electron chi connectivity index (χ3n) is 3.11. The first kappa shape index (κ1) is 20.1. The first-order valence-corrected chi connectivity index (χ1v) is 9.18. The molecular formula is C17H10BrF3N2O4S. The molecule has 0 saturated heterocycles. The molecule has 28 heavy (non-hydrogen) atoms. The summed E-state index contributed by atoms with van der Waals surface area (Å²) < 4.78 is 51.4. The number of esters is 1. The number of ether oxygens (including phenoxy) is 2. The van der Waals surface area contributed by atoms with Gasteiger partial charge in [-0.3, -0.25) is 0 Å². The van der Waals surface area contributed by atoms with Crippen LogP contribution in [0.2, 0.25) is 0 Å². The molecular weight excluding hydrogens is 465 g/mol. The number of thiophene rings is 1. The number of benzene rings is 1. The monoisotopic (exact) mass is 474 g/mol. The average Bonchev–Trinajstić information content (AvgIpc) is 3.27. The Morgan fingerprint density at radius 3 is 2.57 bits per heavy atom. The zero-order chi connectivity index (χ0) is 20.1. The smallest absolute Gasteiger partial charge is 0.452 e. The van der Waals surface area contributed by atoms with E-state index in [1.54, 1.807) is 0 Å². The van der Waals surface area contributed by atoms with Crippen molar-refractivity contribution in [2.45, 2.75) is 13.0 Å². The lowest BCUT2D eigenvalue weighted by atomic mass is 10.2. The fourth-order valence-electron chi connectivity index (χ4n) is 1.97. The second-order valence-corrected chi connectivity index (χ2v) is 7.63. The lowest BCUT2D eigenvalue weighted by Gasteiger charge is -2.08. The fraction of sp³-hybridized carbons (Fsp3) is 0.118. The Morgan fingerprint density at radius 2 is 1.93 bits per heavy atom. The molecule has 3 aromatic rings. The van der Waals surface area contributed by atoms with Crippen molar-refractivity contribution in [3.8, 4) is 16.5 Å². The van der Waals surface area contributed by atoms with Gasteiger partial charge in [0, 0.05) is 6.08 Å². The van der Waals surface area contributed by atoms with Crippen LogP contribution in [0, 0.1) is 0 Å². The standard InChI is InChI=1S/C17H10BrF3N2O4S/c18-13-7-6-12(28-13)16-23-22-14(26-16)9-25-15(24)8-3-10-1-4-11(5-2-10)27-17(19,20)21/h1-8H,9H2/b8-3+. The van der Waals surface area contributed by atoms with Gasteiger partial charge in [0.05, 0.1) is 8.66 Å². The van der Waals surface area contributed by atoms with Gasteiger partial charge in [-0.1, -0.05) is 12.1 Å². The number of carbonyl (C=O) groups excluding carboxylic acids is 1. The highest BCUT2D eigenvalue weighted by atomic mass is 79.9. The van der Waals surface area contributed by atoms with Gasteiger partial charge in [0.25, 0.3) is 11.8 Å². The molecule has 6 nitrogen and oxygen atoms in total. The van der Waals surface area contributed by atoms with Crippen LogP contribution in [0.15, 0.2) is 50.7 Å². The molecule has 0 aliphatic rings. The van der Waals surface area contributed by atoms with Crippen molar-refractivity contribution in [1.82, 2.24) is 10.2 Å². The molecule has 11 heteroatoms. The van der Waals surface area contributed by atoms with Crippen LogP contribution in [0.1, 0.15) is 11.5 Å². The lowest BCUT2D eigenvalue weighted by molar-refractivity contribution is -0.274. The van der Waals surface area contributed by atoms with Crippen molar-refractivity contribution in [3.63, 3.8) is 0 Å². The summed E-state index contributed by atoms with van der Waals surface area (Å²) in [6, 6.07) is 8.67. The second-order valence-electron chi connectivity index (χ2n) is 5.16. The van der Waals surface area contributed by atoms with Gasteiger partial charge in [0.2, 0.25) is 0 Å². The third kappa shape index (κ3) is 5.92. The molecule has 146 valence electrons. The zero-order valence-corrected chi connectivity index (χ0v) is 16.2. The van der Waals surface area contributed by atoms with Gasteiger partial charge in [-0.05, 0) is 51.8 Å². The maximum absolute atomic E-state index is 12.1. The normalized spacial score (nSPS) is 11.7. The first-order valence-electron chi connectivity index (χ1n) is 7.57. The van der Waals surface area contributed by atoms with Crippen molar-refractivity contribution in [1.29, 1.82) is 0 Å². The SMILES string of the molecule is O=C(/C=C/c1ccc(OC(F)(F)F)cc1)OCc1nnc(-c2ccc(Br)s2)o1. The Balaban J connectivity index is 1.51. The number of alkyl halides is 3. The highest BCUT2D eigenvalue weighted by Crippen LogP contribution is 2.30. The van der Waals surface area contributed by atoms with E-state index in [4.69, 9.17) is 9.15 Å². The Hall–Kier alpha value is -2.66. The Bertz CT molecular complexity index is 983. The largest absolute Gasteiger partial charge is 0.573 e. The van der Waals surface area contributed by atoms with Crippen LogP contribution in [0.25, 0.3) is 16.8 Å². The highest BCUT2D eigenvalue weighted by Gasteiger charge is 2.30. The summed E-state index contributed by atoms with van der Waals surface area (Å²) >= 11 is 4.75. The molecule has 0 unspecified atom stereocenters. The molecule has 0 radical (unpaired) electrons. The quantitative estimate of drug-likeness (QED) is 0.360. The van der Waals surface area contributed by atoms with Gasteiger partial charge in [0.15, 0.2) is 6.61 Å². The van der Waals surface area contributed by atoms with Gasteiger partial charge in [-0.15, -0.1) is 34.7 Å². The van der Waals surface area contributed by atoms with E-state index < -0.39 is 12.3 Å². The summed E-state index contributed by atoms with van der Waals surface area (Å²) in [4.78, 5) is 12.5. The number of rotatable bonds is 6. The maximum Gasteiger partial charge on any atom is 0.573 e. The summed E-state index contributed by atoms with van der Waals surface area (Å²) in [5.41, 5.74) is 0.495. The van der Waals surface area contributed by atoms with E-state index >= 15 is 0 Å². The third-order valence-corrected chi connectivity index (χ3v) is 4.73. The topological polar surface area (TPSA) is 74.5 Å². The van der Waals surface area contributed by atoms with E-state index in [1.807, 2.05) is 12.1 Å². The minimum atomic E-state index is -4.75.